The number of rotatable bonds is 1. The third-order valence-electron chi connectivity index (χ3n) is 2.98. The largest absolute Gasteiger partial charge is 0.467 e. The quantitative estimate of drug-likeness (QED) is 0.675. The maximum absolute atomic E-state index is 11.8. The Morgan fingerprint density at radius 2 is 2.33 bits per heavy atom. The first-order valence-corrected chi connectivity index (χ1v) is 5.70. The Labute approximate surface area is 96.4 Å². The van der Waals surface area contributed by atoms with Gasteiger partial charge in [0, 0.05) is 6.04 Å². The molecule has 0 N–H and O–H groups in total. The zero-order chi connectivity index (χ0) is 11.0. The van der Waals surface area contributed by atoms with Crippen molar-refractivity contribution in [3.63, 3.8) is 0 Å². The number of amides is 1. The Balaban J connectivity index is 2.23. The topological polar surface area (TPSA) is 46.6 Å². The van der Waals surface area contributed by atoms with Crippen molar-refractivity contribution in [3.8, 4) is 0 Å². The highest BCUT2D eigenvalue weighted by Crippen LogP contribution is 2.33. The van der Waals surface area contributed by atoms with E-state index < -0.39 is 6.04 Å². The van der Waals surface area contributed by atoms with Crippen LogP contribution in [0.2, 0.25) is 0 Å². The van der Waals surface area contributed by atoms with E-state index in [0.717, 1.165) is 12.8 Å². The number of nitrogens with zero attached hydrogens (tertiary/aromatic N) is 1. The Morgan fingerprint density at radius 3 is 3.00 bits per heavy atom. The van der Waals surface area contributed by atoms with E-state index in [-0.39, 0.29) is 17.9 Å². The first-order chi connectivity index (χ1) is 7.15. The summed E-state index contributed by atoms with van der Waals surface area (Å²) < 4.78 is 5.25. The molecule has 2 aliphatic heterocycles. The second-order valence-corrected chi connectivity index (χ2v) is 4.62. The van der Waals surface area contributed by atoms with Crippen LogP contribution in [0.5, 0.6) is 0 Å². The number of fused-ring (bicyclic) bond motifs is 1. The molecular weight excluding hydrogens is 262 g/mol. The number of carbonyl (C=O) groups is 2. The van der Waals surface area contributed by atoms with Crippen molar-refractivity contribution in [2.75, 3.05) is 7.11 Å². The molecule has 2 rings (SSSR count). The van der Waals surface area contributed by atoms with Crippen LogP contribution in [0.3, 0.4) is 0 Å². The summed E-state index contributed by atoms with van der Waals surface area (Å²) in [4.78, 5) is 25.0. The fraction of sp³-hybridized carbons (Fsp3) is 0.600. The van der Waals surface area contributed by atoms with E-state index in [1.807, 2.05) is 6.08 Å². The van der Waals surface area contributed by atoms with E-state index in [9.17, 15) is 9.59 Å². The van der Waals surface area contributed by atoms with Gasteiger partial charge in [-0.05, 0) is 35.2 Å². The molecule has 0 saturated carbocycles. The van der Waals surface area contributed by atoms with Crippen molar-refractivity contribution in [3.05, 3.63) is 10.6 Å². The summed E-state index contributed by atoms with van der Waals surface area (Å²) in [6, 6.07) is -0.225. The number of hydrogen-bond acceptors (Lipinski definition) is 3. The van der Waals surface area contributed by atoms with Crippen LogP contribution in [-0.2, 0) is 14.3 Å². The predicted octanol–water partition coefficient (Wildman–Crippen LogP) is 1.20. The average Bonchev–Trinajstić information content (AvgIpc) is 2.67. The molecule has 2 unspecified atom stereocenters. The molecule has 1 fully saturated rings. The number of esters is 1. The van der Waals surface area contributed by atoms with E-state index in [1.165, 1.54) is 7.11 Å². The Morgan fingerprint density at radius 1 is 1.60 bits per heavy atom. The number of methoxy groups -OCH3 is 1. The first-order valence-electron chi connectivity index (χ1n) is 4.91. The molecule has 0 radical (unpaired) electrons. The van der Waals surface area contributed by atoms with Crippen molar-refractivity contribution >= 4 is 27.8 Å². The molecule has 0 aromatic carbocycles. The van der Waals surface area contributed by atoms with E-state index in [4.69, 9.17) is 4.74 Å². The van der Waals surface area contributed by atoms with Crippen LogP contribution in [0.25, 0.3) is 0 Å². The predicted molar refractivity (Wildman–Crippen MR) is 57.3 cm³/mol. The van der Waals surface area contributed by atoms with Gasteiger partial charge in [0.15, 0.2) is 0 Å². The number of carbonyl (C=O) groups excluding carboxylic acids is 2. The summed E-state index contributed by atoms with van der Waals surface area (Å²) in [6.07, 6.45) is 4.28. The molecular formula is C10H12BrNO3. The van der Waals surface area contributed by atoms with E-state index in [1.54, 1.807) is 4.90 Å². The summed E-state index contributed by atoms with van der Waals surface area (Å²) in [5.74, 6) is -0.410. The lowest BCUT2D eigenvalue weighted by Crippen LogP contribution is -2.46. The van der Waals surface area contributed by atoms with Crippen molar-refractivity contribution in [2.24, 2.45) is 0 Å². The van der Waals surface area contributed by atoms with Crippen LogP contribution in [0.4, 0.5) is 0 Å². The normalized spacial score (nSPS) is 29.9. The first kappa shape index (κ1) is 10.7. The van der Waals surface area contributed by atoms with Crippen LogP contribution in [0.1, 0.15) is 19.3 Å². The lowest BCUT2D eigenvalue weighted by Gasteiger charge is -2.31. The molecule has 0 aliphatic carbocycles. The van der Waals surface area contributed by atoms with Gasteiger partial charge in [0.2, 0.25) is 0 Å². The average molecular weight is 274 g/mol. The lowest BCUT2D eigenvalue weighted by atomic mass is 10.1. The zero-order valence-corrected chi connectivity index (χ0v) is 9.99. The van der Waals surface area contributed by atoms with Gasteiger partial charge in [-0.15, -0.1) is 0 Å². The number of halogens is 1. The molecule has 0 aromatic rings. The van der Waals surface area contributed by atoms with Crippen molar-refractivity contribution < 1.29 is 14.3 Å². The lowest BCUT2D eigenvalue weighted by molar-refractivity contribution is -0.151. The van der Waals surface area contributed by atoms with Crippen molar-refractivity contribution in [2.45, 2.75) is 31.3 Å². The van der Waals surface area contributed by atoms with Gasteiger partial charge in [-0.2, -0.15) is 0 Å². The maximum atomic E-state index is 11.8. The number of hydrogen-bond donors (Lipinski definition) is 0. The van der Waals surface area contributed by atoms with Gasteiger partial charge in [0.05, 0.1) is 11.6 Å². The molecule has 1 saturated heterocycles. The van der Waals surface area contributed by atoms with Crippen LogP contribution in [0.15, 0.2) is 10.6 Å². The Kier molecular flexibility index (Phi) is 2.82. The van der Waals surface area contributed by atoms with Gasteiger partial charge >= 0.3 is 5.97 Å². The van der Waals surface area contributed by atoms with Gasteiger partial charge in [0.1, 0.15) is 6.04 Å². The summed E-state index contributed by atoms with van der Waals surface area (Å²) in [5.41, 5.74) is 0. The summed E-state index contributed by atoms with van der Waals surface area (Å²) in [5, 5.41) is 0. The maximum Gasteiger partial charge on any atom is 0.328 e. The minimum atomic E-state index is -0.395. The van der Waals surface area contributed by atoms with E-state index in [0.29, 0.717) is 10.9 Å². The van der Waals surface area contributed by atoms with Gasteiger partial charge in [-0.25, -0.2) is 4.79 Å². The summed E-state index contributed by atoms with van der Waals surface area (Å²) in [6.45, 7) is 0. The van der Waals surface area contributed by atoms with E-state index >= 15 is 0 Å². The summed E-state index contributed by atoms with van der Waals surface area (Å²) >= 11 is 3.21. The standard InChI is InChI=1S/C10H12BrNO3/c1-15-10(14)8-5-3-6-2-4-7(11)9(13)12(6)8/h4,6,8H,2-3,5H2,1H3. The highest BCUT2D eigenvalue weighted by Gasteiger charge is 2.43. The highest BCUT2D eigenvalue weighted by molar-refractivity contribution is 9.12. The SMILES string of the molecule is COC(=O)C1CCC2CC=C(Br)C(=O)N21. The molecule has 0 bridgehead atoms. The highest BCUT2D eigenvalue weighted by atomic mass is 79.9. The summed E-state index contributed by atoms with van der Waals surface area (Å²) in [7, 11) is 1.36. The molecule has 15 heavy (non-hydrogen) atoms. The van der Waals surface area contributed by atoms with Gasteiger partial charge in [-0.3, -0.25) is 4.79 Å². The molecule has 2 aliphatic rings. The van der Waals surface area contributed by atoms with Crippen molar-refractivity contribution in [1.29, 1.82) is 0 Å². The molecule has 5 heteroatoms. The zero-order valence-electron chi connectivity index (χ0n) is 8.40. The smallest absolute Gasteiger partial charge is 0.328 e. The van der Waals surface area contributed by atoms with Gasteiger partial charge in [-0.1, -0.05) is 6.08 Å². The monoisotopic (exact) mass is 273 g/mol. The molecule has 2 atom stereocenters. The third-order valence-corrected chi connectivity index (χ3v) is 3.65. The molecule has 0 spiro atoms. The second-order valence-electron chi connectivity index (χ2n) is 3.77. The van der Waals surface area contributed by atoms with Crippen LogP contribution in [0, 0.1) is 0 Å². The molecule has 4 nitrogen and oxygen atoms in total. The fourth-order valence-corrected chi connectivity index (χ4v) is 2.63. The van der Waals surface area contributed by atoms with Crippen LogP contribution < -0.4 is 0 Å². The van der Waals surface area contributed by atoms with Gasteiger partial charge in [0.25, 0.3) is 5.91 Å². The minimum Gasteiger partial charge on any atom is -0.467 e. The van der Waals surface area contributed by atoms with Crippen LogP contribution in [-0.4, -0.2) is 36.0 Å². The van der Waals surface area contributed by atoms with Crippen molar-refractivity contribution in [1.82, 2.24) is 4.90 Å². The molecule has 2 heterocycles. The molecule has 0 aromatic heterocycles. The van der Waals surface area contributed by atoms with Gasteiger partial charge < -0.3 is 9.64 Å². The molecule has 1 amide bonds. The minimum absolute atomic E-state index is 0.0980. The second kappa shape index (κ2) is 3.96. The Hall–Kier alpha value is -0.840. The number of ether oxygens (including phenoxy) is 1. The fourth-order valence-electron chi connectivity index (χ4n) is 2.24. The molecule has 82 valence electrons. The van der Waals surface area contributed by atoms with Crippen LogP contribution >= 0.6 is 15.9 Å². The Bertz CT molecular complexity index is 340. The van der Waals surface area contributed by atoms with E-state index in [2.05, 4.69) is 15.9 Å². The third kappa shape index (κ3) is 1.69.